The predicted octanol–water partition coefficient (Wildman–Crippen LogP) is 2.00. The van der Waals surface area contributed by atoms with Crippen molar-refractivity contribution >= 4 is 17.3 Å². The van der Waals surface area contributed by atoms with Crippen molar-refractivity contribution in [3.05, 3.63) is 51.8 Å². The van der Waals surface area contributed by atoms with E-state index >= 15 is 0 Å². The Bertz CT molecular complexity index is 932. The van der Waals surface area contributed by atoms with Crippen LogP contribution in [0.2, 0.25) is 0 Å². The number of carboxylic acid groups (broad SMARTS) is 1. The zero-order valence-electron chi connectivity index (χ0n) is 15.4. The Hall–Kier alpha value is -3.00. The number of rotatable bonds is 4. The van der Waals surface area contributed by atoms with Gasteiger partial charge in [-0.3, -0.25) is 9.78 Å². The minimum Gasteiger partial charge on any atom is -0.493 e. The number of aromatic nitrogens is 1. The van der Waals surface area contributed by atoms with Gasteiger partial charge in [0.1, 0.15) is 11.7 Å². The summed E-state index contributed by atoms with van der Waals surface area (Å²) >= 11 is 0. The fourth-order valence-corrected chi connectivity index (χ4v) is 3.23. The van der Waals surface area contributed by atoms with Crippen molar-refractivity contribution < 1.29 is 20.1 Å². The lowest BCUT2D eigenvalue weighted by molar-refractivity contribution is -0.140. The molecule has 8 heteroatoms. The van der Waals surface area contributed by atoms with Crippen LogP contribution in [-0.4, -0.2) is 32.3 Å². The van der Waals surface area contributed by atoms with Crippen molar-refractivity contribution in [1.29, 1.82) is 0 Å². The molecule has 3 rings (SSSR count). The number of nitrogens with zero attached hydrogens (tertiary/aromatic N) is 1. The van der Waals surface area contributed by atoms with Crippen molar-refractivity contribution in [1.82, 2.24) is 4.98 Å². The van der Waals surface area contributed by atoms with Crippen LogP contribution >= 0.6 is 0 Å². The number of hydrogen-bond acceptors (Lipinski definition) is 6. The number of aromatic hydroxyl groups is 1. The highest BCUT2D eigenvalue weighted by Crippen LogP contribution is 2.39. The molecule has 2 unspecified atom stereocenters. The number of anilines is 2. The van der Waals surface area contributed by atoms with E-state index in [0.717, 1.165) is 5.56 Å². The van der Waals surface area contributed by atoms with Crippen LogP contribution in [0.25, 0.3) is 0 Å². The first-order valence-electron chi connectivity index (χ1n) is 8.57. The van der Waals surface area contributed by atoms with Gasteiger partial charge in [0.05, 0.1) is 0 Å². The van der Waals surface area contributed by atoms with Crippen LogP contribution in [0.4, 0.5) is 11.4 Å². The molecular formula is C19H23N3O5. The molecule has 0 bridgehead atoms. The second-order valence-electron chi connectivity index (χ2n) is 7.75. The fraction of sp³-hybridized carbons (Fsp3) is 0.368. The van der Waals surface area contributed by atoms with Crippen LogP contribution in [0.15, 0.2) is 35.1 Å². The SMILES string of the molecule is CC(C)(C)C(Nc1ccc2c(c1)C(O)N(c1ccc(=O)[nH]c1O)C2)C(=O)O. The highest BCUT2D eigenvalue weighted by atomic mass is 16.4. The number of aliphatic hydroxyl groups excluding tert-OH is 1. The molecule has 0 amide bonds. The Morgan fingerprint density at radius 3 is 2.59 bits per heavy atom. The summed E-state index contributed by atoms with van der Waals surface area (Å²) in [5.41, 5.74) is 1.42. The van der Waals surface area contributed by atoms with Crippen LogP contribution in [0.1, 0.15) is 38.1 Å². The van der Waals surface area contributed by atoms with Gasteiger partial charge in [-0.05, 0) is 29.2 Å². The third-order valence-electron chi connectivity index (χ3n) is 4.67. The van der Waals surface area contributed by atoms with Crippen LogP contribution < -0.4 is 15.8 Å². The van der Waals surface area contributed by atoms with Crippen molar-refractivity contribution in [2.75, 3.05) is 10.2 Å². The predicted molar refractivity (Wildman–Crippen MR) is 101 cm³/mol. The van der Waals surface area contributed by atoms with Gasteiger partial charge in [0.25, 0.3) is 5.56 Å². The van der Waals surface area contributed by atoms with E-state index in [2.05, 4.69) is 10.3 Å². The molecule has 0 fully saturated rings. The minimum absolute atomic E-state index is 0.311. The molecule has 144 valence electrons. The lowest BCUT2D eigenvalue weighted by atomic mass is 9.86. The largest absolute Gasteiger partial charge is 0.493 e. The second kappa shape index (κ2) is 6.62. The summed E-state index contributed by atoms with van der Waals surface area (Å²) in [6.45, 7) is 5.85. The third kappa shape index (κ3) is 3.61. The number of benzene rings is 1. The van der Waals surface area contributed by atoms with Crippen molar-refractivity contribution in [2.24, 2.45) is 5.41 Å². The number of fused-ring (bicyclic) bond motifs is 1. The van der Waals surface area contributed by atoms with E-state index in [4.69, 9.17) is 0 Å². The molecule has 0 saturated heterocycles. The molecule has 0 saturated carbocycles. The summed E-state index contributed by atoms with van der Waals surface area (Å²) < 4.78 is 0. The van der Waals surface area contributed by atoms with Gasteiger partial charge in [-0.15, -0.1) is 0 Å². The number of aliphatic hydroxyl groups is 1. The number of pyridine rings is 1. The highest BCUT2D eigenvalue weighted by Gasteiger charge is 2.33. The van der Waals surface area contributed by atoms with Crippen LogP contribution in [-0.2, 0) is 11.3 Å². The number of nitrogens with one attached hydrogen (secondary N) is 2. The molecule has 27 heavy (non-hydrogen) atoms. The number of carbonyl (C=O) groups is 1. The number of H-pyrrole nitrogens is 1. The van der Waals surface area contributed by atoms with E-state index in [1.165, 1.54) is 12.1 Å². The van der Waals surface area contributed by atoms with Gasteiger partial charge < -0.3 is 25.5 Å². The smallest absolute Gasteiger partial charge is 0.326 e. The molecule has 2 heterocycles. The lowest BCUT2D eigenvalue weighted by Crippen LogP contribution is -2.41. The number of carboxylic acids is 1. The molecule has 1 aromatic carbocycles. The molecular weight excluding hydrogens is 350 g/mol. The van der Waals surface area contributed by atoms with Gasteiger partial charge in [-0.1, -0.05) is 26.8 Å². The molecule has 8 nitrogen and oxygen atoms in total. The summed E-state index contributed by atoms with van der Waals surface area (Å²) in [6, 6.07) is 7.22. The summed E-state index contributed by atoms with van der Waals surface area (Å²) in [7, 11) is 0. The molecule has 0 aliphatic carbocycles. The Balaban J connectivity index is 1.89. The van der Waals surface area contributed by atoms with Gasteiger partial charge in [0.15, 0.2) is 6.23 Å². The van der Waals surface area contributed by atoms with E-state index in [1.807, 2.05) is 26.8 Å². The summed E-state index contributed by atoms with van der Waals surface area (Å²) in [4.78, 5) is 26.7. The third-order valence-corrected chi connectivity index (χ3v) is 4.67. The molecule has 2 aromatic rings. The lowest BCUT2D eigenvalue weighted by Gasteiger charge is -2.29. The standard InChI is InChI=1S/C19H23N3O5/c1-19(2,3)15(18(26)27)20-11-5-4-10-9-22(17(25)12(10)8-11)13-6-7-14(23)21-16(13)24/h4-8,15,17,20,25H,9H2,1-3H3,(H,26,27)(H2,21,23,24). The highest BCUT2D eigenvalue weighted by molar-refractivity contribution is 5.78. The molecule has 1 aromatic heterocycles. The summed E-state index contributed by atoms with van der Waals surface area (Å²) in [5.74, 6) is -1.27. The van der Waals surface area contributed by atoms with Gasteiger partial charge >= 0.3 is 5.97 Å². The molecule has 2 atom stereocenters. The number of aliphatic carboxylic acids is 1. The van der Waals surface area contributed by atoms with Gasteiger partial charge in [-0.25, -0.2) is 4.79 Å². The Labute approximate surface area is 156 Å². The molecule has 1 aliphatic heterocycles. The van der Waals surface area contributed by atoms with Crippen molar-refractivity contribution in [2.45, 2.75) is 39.6 Å². The van der Waals surface area contributed by atoms with E-state index in [0.29, 0.717) is 23.5 Å². The summed E-state index contributed by atoms with van der Waals surface area (Å²) in [5, 5.41) is 33.2. The first kappa shape index (κ1) is 18.8. The van der Waals surface area contributed by atoms with E-state index in [1.54, 1.807) is 17.0 Å². The zero-order chi connectivity index (χ0) is 19.9. The van der Waals surface area contributed by atoms with E-state index in [-0.39, 0.29) is 5.88 Å². The van der Waals surface area contributed by atoms with Crippen molar-refractivity contribution in [3.63, 3.8) is 0 Å². The van der Waals surface area contributed by atoms with E-state index < -0.39 is 29.2 Å². The van der Waals surface area contributed by atoms with E-state index in [9.17, 15) is 24.9 Å². The van der Waals surface area contributed by atoms with Crippen molar-refractivity contribution in [3.8, 4) is 5.88 Å². The molecule has 1 aliphatic rings. The topological polar surface area (TPSA) is 126 Å². The van der Waals surface area contributed by atoms with Crippen LogP contribution in [0.5, 0.6) is 5.88 Å². The normalized spacial score (nSPS) is 17.5. The Morgan fingerprint density at radius 2 is 2.00 bits per heavy atom. The second-order valence-corrected chi connectivity index (χ2v) is 7.75. The maximum Gasteiger partial charge on any atom is 0.326 e. The maximum atomic E-state index is 11.6. The minimum atomic E-state index is -1.03. The number of aromatic amines is 1. The zero-order valence-corrected chi connectivity index (χ0v) is 15.4. The van der Waals surface area contributed by atoms with Crippen LogP contribution in [0, 0.1) is 5.41 Å². The molecule has 0 radical (unpaired) electrons. The average molecular weight is 373 g/mol. The average Bonchev–Trinajstić information content (AvgIpc) is 2.88. The Kier molecular flexibility index (Phi) is 4.61. The molecule has 0 spiro atoms. The maximum absolute atomic E-state index is 11.6. The first-order chi connectivity index (χ1) is 12.6. The summed E-state index contributed by atoms with van der Waals surface area (Å²) in [6.07, 6.45) is -1.03. The molecule has 5 N–H and O–H groups in total. The van der Waals surface area contributed by atoms with Gasteiger partial charge in [0.2, 0.25) is 5.88 Å². The fourth-order valence-electron chi connectivity index (χ4n) is 3.23. The van der Waals surface area contributed by atoms with Gasteiger partial charge in [0, 0.05) is 23.9 Å². The quantitative estimate of drug-likeness (QED) is 0.555. The number of hydrogen-bond donors (Lipinski definition) is 5. The monoisotopic (exact) mass is 373 g/mol. The van der Waals surface area contributed by atoms with Crippen LogP contribution in [0.3, 0.4) is 0 Å². The Morgan fingerprint density at radius 1 is 1.30 bits per heavy atom. The first-order valence-corrected chi connectivity index (χ1v) is 8.57. The van der Waals surface area contributed by atoms with Gasteiger partial charge in [-0.2, -0.15) is 0 Å².